The van der Waals surface area contributed by atoms with Crippen molar-refractivity contribution in [1.29, 1.82) is 0 Å². The van der Waals surface area contributed by atoms with E-state index >= 15 is 0 Å². The molecule has 0 spiro atoms. The average Bonchev–Trinajstić information content (AvgIpc) is 2.63. The van der Waals surface area contributed by atoms with Gasteiger partial charge < -0.3 is 15.6 Å². The fraction of sp³-hybridized carbons (Fsp3) is 0.583. The minimum Gasteiger partial charge on any atom is -0.350 e. The lowest BCUT2D eigenvalue weighted by Gasteiger charge is -2.12. The van der Waals surface area contributed by atoms with Gasteiger partial charge in [0.25, 0.3) is 0 Å². The Morgan fingerprint density at radius 2 is 2.11 bits per heavy atom. The molecular formula is C12H21N3O3S. The summed E-state index contributed by atoms with van der Waals surface area (Å²) in [5.74, 6) is -0.410. The van der Waals surface area contributed by atoms with Crippen LogP contribution in [-0.4, -0.2) is 36.9 Å². The van der Waals surface area contributed by atoms with Crippen molar-refractivity contribution in [2.75, 3.05) is 12.0 Å². The number of hydrogen-bond acceptors (Lipinski definition) is 4. The van der Waals surface area contributed by atoms with Crippen LogP contribution in [0, 0.1) is 6.92 Å². The van der Waals surface area contributed by atoms with E-state index < -0.39 is 15.9 Å². The number of carbonyl (C=O) groups is 1. The van der Waals surface area contributed by atoms with Gasteiger partial charge in [-0.25, -0.2) is 8.42 Å². The van der Waals surface area contributed by atoms with Gasteiger partial charge in [0.2, 0.25) is 5.91 Å². The minimum absolute atomic E-state index is 0.0785. The van der Waals surface area contributed by atoms with Crippen LogP contribution < -0.4 is 11.1 Å². The van der Waals surface area contributed by atoms with E-state index in [1.807, 2.05) is 30.7 Å². The summed E-state index contributed by atoms with van der Waals surface area (Å²) in [7, 11) is -1.17. The number of rotatable bonds is 6. The first kappa shape index (κ1) is 15.7. The van der Waals surface area contributed by atoms with E-state index in [4.69, 9.17) is 5.73 Å². The minimum atomic E-state index is -3.09. The SMILES string of the molecule is Cc1ccc(CNC(=O)C(N)CCS(C)(=O)=O)n1C. The predicted octanol–water partition coefficient (Wildman–Crippen LogP) is -0.288. The molecule has 7 heteroatoms. The Kier molecular flexibility index (Phi) is 5.13. The Morgan fingerprint density at radius 3 is 2.58 bits per heavy atom. The third kappa shape index (κ3) is 5.04. The summed E-state index contributed by atoms with van der Waals surface area (Å²) < 4.78 is 24.0. The summed E-state index contributed by atoms with van der Waals surface area (Å²) >= 11 is 0. The Labute approximate surface area is 113 Å². The number of aryl methyl sites for hydroxylation is 1. The number of nitrogens with zero attached hydrogens (tertiary/aromatic N) is 1. The molecule has 0 aliphatic heterocycles. The zero-order valence-corrected chi connectivity index (χ0v) is 12.3. The first-order valence-electron chi connectivity index (χ1n) is 6.03. The predicted molar refractivity (Wildman–Crippen MR) is 74.3 cm³/mol. The Balaban J connectivity index is 2.45. The van der Waals surface area contributed by atoms with Gasteiger partial charge in [-0.05, 0) is 25.5 Å². The Hall–Kier alpha value is -1.34. The number of nitrogens with one attached hydrogen (secondary N) is 1. The maximum atomic E-state index is 11.7. The second-order valence-electron chi connectivity index (χ2n) is 4.77. The quantitative estimate of drug-likeness (QED) is 0.752. The van der Waals surface area contributed by atoms with Crippen molar-refractivity contribution < 1.29 is 13.2 Å². The molecule has 1 rings (SSSR count). The van der Waals surface area contributed by atoms with Crippen LogP contribution in [0.25, 0.3) is 0 Å². The largest absolute Gasteiger partial charge is 0.350 e. The average molecular weight is 287 g/mol. The zero-order valence-electron chi connectivity index (χ0n) is 11.5. The number of amides is 1. The molecule has 0 aliphatic rings. The number of aromatic nitrogens is 1. The monoisotopic (exact) mass is 287 g/mol. The second-order valence-corrected chi connectivity index (χ2v) is 7.03. The van der Waals surface area contributed by atoms with Crippen LogP contribution in [0.3, 0.4) is 0 Å². The van der Waals surface area contributed by atoms with Gasteiger partial charge in [-0.3, -0.25) is 4.79 Å². The van der Waals surface area contributed by atoms with Crippen LogP contribution in [0.2, 0.25) is 0 Å². The summed E-state index contributed by atoms with van der Waals surface area (Å²) in [6.45, 7) is 2.36. The van der Waals surface area contributed by atoms with Crippen LogP contribution in [0.5, 0.6) is 0 Å². The van der Waals surface area contributed by atoms with E-state index in [0.717, 1.165) is 17.6 Å². The third-order valence-electron chi connectivity index (χ3n) is 3.06. The molecule has 0 saturated carbocycles. The van der Waals surface area contributed by atoms with Crippen molar-refractivity contribution in [2.24, 2.45) is 12.8 Å². The van der Waals surface area contributed by atoms with Crippen molar-refractivity contribution in [3.8, 4) is 0 Å². The topological polar surface area (TPSA) is 94.2 Å². The van der Waals surface area contributed by atoms with Gasteiger partial charge in [0.05, 0.1) is 18.3 Å². The van der Waals surface area contributed by atoms with Crippen LogP contribution in [0.1, 0.15) is 17.8 Å². The lowest BCUT2D eigenvalue weighted by atomic mass is 10.2. The summed E-state index contributed by atoms with van der Waals surface area (Å²) in [5, 5.41) is 2.71. The van der Waals surface area contributed by atoms with Crippen molar-refractivity contribution >= 4 is 15.7 Å². The van der Waals surface area contributed by atoms with Gasteiger partial charge in [-0.15, -0.1) is 0 Å². The van der Waals surface area contributed by atoms with E-state index in [1.165, 1.54) is 0 Å². The molecule has 0 fully saturated rings. The van der Waals surface area contributed by atoms with E-state index in [9.17, 15) is 13.2 Å². The number of nitrogens with two attached hydrogens (primary N) is 1. The lowest BCUT2D eigenvalue weighted by Crippen LogP contribution is -2.41. The summed E-state index contributed by atoms with van der Waals surface area (Å²) in [6, 6.07) is 3.10. The third-order valence-corrected chi connectivity index (χ3v) is 4.03. The van der Waals surface area contributed by atoms with Crippen LogP contribution in [0.4, 0.5) is 0 Å². The van der Waals surface area contributed by atoms with Gasteiger partial charge in [-0.1, -0.05) is 0 Å². The highest BCUT2D eigenvalue weighted by molar-refractivity contribution is 7.90. The first-order valence-corrected chi connectivity index (χ1v) is 8.09. The maximum absolute atomic E-state index is 11.7. The van der Waals surface area contributed by atoms with Crippen molar-refractivity contribution in [1.82, 2.24) is 9.88 Å². The molecule has 108 valence electrons. The molecule has 1 heterocycles. The number of carbonyl (C=O) groups excluding carboxylic acids is 1. The molecule has 0 aromatic carbocycles. The molecule has 0 aliphatic carbocycles. The molecule has 3 N–H and O–H groups in total. The second kappa shape index (κ2) is 6.21. The maximum Gasteiger partial charge on any atom is 0.237 e. The Bertz CT molecular complexity index is 549. The van der Waals surface area contributed by atoms with E-state index in [2.05, 4.69) is 5.32 Å². The Morgan fingerprint density at radius 1 is 1.47 bits per heavy atom. The van der Waals surface area contributed by atoms with E-state index in [0.29, 0.717) is 6.54 Å². The van der Waals surface area contributed by atoms with Gasteiger partial charge in [0.1, 0.15) is 9.84 Å². The highest BCUT2D eigenvalue weighted by Crippen LogP contribution is 2.05. The molecule has 1 aromatic heterocycles. The van der Waals surface area contributed by atoms with Crippen LogP contribution >= 0.6 is 0 Å². The molecule has 0 saturated heterocycles. The van der Waals surface area contributed by atoms with Crippen molar-refractivity contribution in [3.05, 3.63) is 23.5 Å². The summed E-state index contributed by atoms with van der Waals surface area (Å²) in [5.41, 5.74) is 7.72. The molecule has 1 unspecified atom stereocenters. The molecule has 6 nitrogen and oxygen atoms in total. The van der Waals surface area contributed by atoms with Crippen molar-refractivity contribution in [3.63, 3.8) is 0 Å². The standard InChI is InChI=1S/C12H21N3O3S/c1-9-4-5-10(15(9)2)8-14-12(16)11(13)6-7-19(3,17)18/h4-5,11H,6-8,13H2,1-3H3,(H,14,16). The fourth-order valence-electron chi connectivity index (χ4n) is 1.63. The molecule has 1 atom stereocenters. The molecule has 0 bridgehead atoms. The molecule has 0 radical (unpaired) electrons. The van der Waals surface area contributed by atoms with Gasteiger partial charge in [0, 0.05) is 24.7 Å². The molecule has 1 aromatic rings. The fourth-order valence-corrected chi connectivity index (χ4v) is 2.31. The highest BCUT2D eigenvalue weighted by atomic mass is 32.2. The zero-order chi connectivity index (χ0) is 14.6. The number of hydrogen-bond donors (Lipinski definition) is 2. The molecule has 19 heavy (non-hydrogen) atoms. The van der Waals surface area contributed by atoms with Gasteiger partial charge in [0.15, 0.2) is 0 Å². The summed E-state index contributed by atoms with van der Waals surface area (Å²) in [6.07, 6.45) is 1.27. The molecular weight excluding hydrogens is 266 g/mol. The normalized spacial score (nSPS) is 13.3. The van der Waals surface area contributed by atoms with Crippen LogP contribution in [0.15, 0.2) is 12.1 Å². The summed E-state index contributed by atoms with van der Waals surface area (Å²) in [4.78, 5) is 11.7. The van der Waals surface area contributed by atoms with Crippen LogP contribution in [-0.2, 0) is 28.2 Å². The highest BCUT2D eigenvalue weighted by Gasteiger charge is 2.16. The van der Waals surface area contributed by atoms with E-state index in [-0.39, 0.29) is 18.1 Å². The van der Waals surface area contributed by atoms with E-state index in [1.54, 1.807) is 0 Å². The van der Waals surface area contributed by atoms with Crippen molar-refractivity contribution in [2.45, 2.75) is 25.9 Å². The molecule has 1 amide bonds. The number of sulfone groups is 1. The lowest BCUT2D eigenvalue weighted by molar-refractivity contribution is -0.122. The van der Waals surface area contributed by atoms with Gasteiger partial charge in [-0.2, -0.15) is 0 Å². The smallest absolute Gasteiger partial charge is 0.237 e. The first-order chi connectivity index (χ1) is 8.70. The van der Waals surface area contributed by atoms with Gasteiger partial charge >= 0.3 is 0 Å².